The van der Waals surface area contributed by atoms with Gasteiger partial charge in [0.05, 0.1) is 11.5 Å². The highest BCUT2D eigenvalue weighted by Gasteiger charge is 2.56. The van der Waals surface area contributed by atoms with Crippen LogP contribution in [0.3, 0.4) is 0 Å². The van der Waals surface area contributed by atoms with Crippen molar-refractivity contribution in [2.75, 3.05) is 5.32 Å². The van der Waals surface area contributed by atoms with Gasteiger partial charge in [-0.3, -0.25) is 14.4 Å². The van der Waals surface area contributed by atoms with Crippen molar-refractivity contribution < 1.29 is 14.4 Å². The van der Waals surface area contributed by atoms with Crippen molar-refractivity contribution in [1.29, 1.82) is 0 Å². The van der Waals surface area contributed by atoms with Gasteiger partial charge in [0.15, 0.2) is 5.78 Å². The first kappa shape index (κ1) is 21.9. The maximum atomic E-state index is 14.0. The second-order valence-corrected chi connectivity index (χ2v) is 9.92. The lowest BCUT2D eigenvalue weighted by Crippen LogP contribution is -2.64. The molecule has 1 atom stereocenters. The molecule has 2 saturated carbocycles. The molecule has 1 spiro atoms. The second-order valence-electron chi connectivity index (χ2n) is 9.92. The van der Waals surface area contributed by atoms with E-state index in [2.05, 4.69) is 10.2 Å². The molecule has 5 heteroatoms. The summed E-state index contributed by atoms with van der Waals surface area (Å²) in [5.74, 6) is -0.438. The summed E-state index contributed by atoms with van der Waals surface area (Å²) < 4.78 is 0. The lowest BCUT2D eigenvalue weighted by atomic mass is 9.64. The molecule has 0 saturated heterocycles. The van der Waals surface area contributed by atoms with E-state index >= 15 is 0 Å². The van der Waals surface area contributed by atoms with Crippen LogP contribution in [0.5, 0.6) is 0 Å². The van der Waals surface area contributed by atoms with Gasteiger partial charge in [-0.05, 0) is 56.4 Å². The number of nitrogens with zero attached hydrogens (tertiary/aromatic N) is 1. The number of nitrogens with one attached hydrogen (secondary N) is 1. The first-order valence-electron chi connectivity index (χ1n) is 12.4. The van der Waals surface area contributed by atoms with E-state index in [-0.39, 0.29) is 23.6 Å². The summed E-state index contributed by atoms with van der Waals surface area (Å²) in [5.41, 5.74) is 2.23. The molecule has 1 aliphatic heterocycles. The Balaban J connectivity index is 1.60. The van der Waals surface area contributed by atoms with E-state index in [1.807, 2.05) is 30.3 Å². The van der Waals surface area contributed by atoms with Crippen LogP contribution in [0, 0.1) is 0 Å². The predicted molar refractivity (Wildman–Crippen MR) is 129 cm³/mol. The van der Waals surface area contributed by atoms with Crippen LogP contribution >= 0.6 is 0 Å². The van der Waals surface area contributed by atoms with Gasteiger partial charge < -0.3 is 10.2 Å². The quantitative estimate of drug-likeness (QED) is 0.614. The number of carbonyl (C=O) groups excluding carboxylic acids is 3. The molecule has 5 nitrogen and oxygen atoms in total. The van der Waals surface area contributed by atoms with Crippen LogP contribution in [0.1, 0.15) is 96.9 Å². The standard InChI is InChI=1S/C28H32N2O3/c1-19(31)20-10-9-11-21(18-20)29-26(32)25-23-14-5-6-15-24(23)27(33)30(22-12-3-4-13-22)28(25)16-7-2-8-17-28/h5-6,9-11,14-15,18,22,25H,2-4,7-8,12-13,16-17H2,1H3,(H,29,32). The van der Waals surface area contributed by atoms with Gasteiger partial charge in [-0.1, -0.05) is 62.4 Å². The fourth-order valence-electron chi connectivity index (χ4n) is 6.51. The maximum absolute atomic E-state index is 14.0. The van der Waals surface area contributed by atoms with Crippen LogP contribution in [-0.2, 0) is 4.79 Å². The number of rotatable bonds is 4. The number of carbonyl (C=O) groups is 3. The Morgan fingerprint density at radius 3 is 2.39 bits per heavy atom. The summed E-state index contributed by atoms with van der Waals surface area (Å²) in [5, 5.41) is 3.12. The predicted octanol–water partition coefficient (Wildman–Crippen LogP) is 5.71. The molecule has 1 unspecified atom stereocenters. The van der Waals surface area contributed by atoms with Crippen molar-refractivity contribution in [1.82, 2.24) is 4.90 Å². The molecule has 1 N–H and O–H groups in total. The van der Waals surface area contributed by atoms with E-state index in [9.17, 15) is 14.4 Å². The van der Waals surface area contributed by atoms with Crippen molar-refractivity contribution in [3.8, 4) is 0 Å². The number of amides is 2. The third kappa shape index (κ3) is 3.77. The highest BCUT2D eigenvalue weighted by molar-refractivity contribution is 6.05. The minimum Gasteiger partial charge on any atom is -0.329 e. The van der Waals surface area contributed by atoms with E-state index in [0.29, 0.717) is 16.8 Å². The lowest BCUT2D eigenvalue weighted by molar-refractivity contribution is -0.123. The third-order valence-electron chi connectivity index (χ3n) is 7.95. The minimum absolute atomic E-state index is 0.0316. The van der Waals surface area contributed by atoms with Gasteiger partial charge in [-0.25, -0.2) is 0 Å². The summed E-state index contributed by atoms with van der Waals surface area (Å²) in [6.07, 6.45) is 9.23. The van der Waals surface area contributed by atoms with Crippen molar-refractivity contribution >= 4 is 23.3 Å². The monoisotopic (exact) mass is 444 g/mol. The Kier molecular flexibility index (Phi) is 5.81. The largest absolute Gasteiger partial charge is 0.329 e. The lowest BCUT2D eigenvalue weighted by Gasteiger charge is -2.56. The number of ketones is 1. The van der Waals surface area contributed by atoms with Crippen LogP contribution in [-0.4, -0.2) is 34.1 Å². The number of hydrogen-bond acceptors (Lipinski definition) is 3. The average molecular weight is 445 g/mol. The highest BCUT2D eigenvalue weighted by Crippen LogP contribution is 2.51. The van der Waals surface area contributed by atoms with Gasteiger partial charge in [0, 0.05) is 22.9 Å². The zero-order valence-corrected chi connectivity index (χ0v) is 19.3. The van der Waals surface area contributed by atoms with E-state index in [1.54, 1.807) is 18.2 Å². The first-order valence-corrected chi connectivity index (χ1v) is 12.4. The van der Waals surface area contributed by atoms with Gasteiger partial charge in [0.2, 0.25) is 5.91 Å². The van der Waals surface area contributed by atoms with Crippen molar-refractivity contribution in [3.05, 3.63) is 65.2 Å². The van der Waals surface area contributed by atoms with Gasteiger partial charge in [-0.15, -0.1) is 0 Å². The van der Waals surface area contributed by atoms with Crippen LogP contribution in [0.15, 0.2) is 48.5 Å². The minimum atomic E-state index is -0.485. The molecule has 0 aromatic heterocycles. The molecule has 0 bridgehead atoms. The summed E-state index contributed by atoms with van der Waals surface area (Å²) in [6, 6.07) is 15.0. The molecule has 1 heterocycles. The number of hydrogen-bond donors (Lipinski definition) is 1. The Morgan fingerprint density at radius 1 is 0.939 bits per heavy atom. The molecule has 2 amide bonds. The van der Waals surface area contributed by atoms with Crippen LogP contribution in [0.4, 0.5) is 5.69 Å². The van der Waals surface area contributed by atoms with Gasteiger partial charge >= 0.3 is 0 Å². The smallest absolute Gasteiger partial charge is 0.254 e. The fourth-order valence-corrected chi connectivity index (χ4v) is 6.51. The van der Waals surface area contributed by atoms with Gasteiger partial charge in [-0.2, -0.15) is 0 Å². The maximum Gasteiger partial charge on any atom is 0.254 e. The van der Waals surface area contributed by atoms with E-state index in [0.717, 1.165) is 63.4 Å². The normalized spacial score (nSPS) is 22.3. The Labute approximate surface area is 195 Å². The topological polar surface area (TPSA) is 66.5 Å². The molecule has 2 aromatic carbocycles. The summed E-state index contributed by atoms with van der Waals surface area (Å²) in [6.45, 7) is 1.53. The molecule has 172 valence electrons. The Hall–Kier alpha value is -2.95. The third-order valence-corrected chi connectivity index (χ3v) is 7.95. The molecule has 2 aromatic rings. The summed E-state index contributed by atoms with van der Waals surface area (Å²) in [7, 11) is 0. The zero-order chi connectivity index (χ0) is 23.0. The van der Waals surface area contributed by atoms with Crippen LogP contribution in [0.2, 0.25) is 0 Å². The Bertz CT molecular complexity index is 1080. The fraction of sp³-hybridized carbons (Fsp3) is 0.464. The SMILES string of the molecule is CC(=O)c1cccc(NC(=O)C2c3ccccc3C(=O)N(C3CCCC3)C23CCCCC3)c1. The van der Waals surface area contributed by atoms with Crippen molar-refractivity contribution in [2.45, 2.75) is 82.2 Å². The van der Waals surface area contributed by atoms with Gasteiger partial charge in [0.25, 0.3) is 5.91 Å². The number of benzene rings is 2. The number of anilines is 1. The average Bonchev–Trinajstić information content (AvgIpc) is 3.34. The van der Waals surface area contributed by atoms with Crippen molar-refractivity contribution in [3.63, 3.8) is 0 Å². The van der Waals surface area contributed by atoms with E-state index in [4.69, 9.17) is 0 Å². The zero-order valence-electron chi connectivity index (χ0n) is 19.3. The van der Waals surface area contributed by atoms with Crippen molar-refractivity contribution in [2.24, 2.45) is 0 Å². The molecule has 33 heavy (non-hydrogen) atoms. The van der Waals surface area contributed by atoms with E-state index in [1.165, 1.54) is 6.92 Å². The second kappa shape index (κ2) is 8.77. The van der Waals surface area contributed by atoms with Crippen LogP contribution in [0.25, 0.3) is 0 Å². The number of Topliss-reactive ketones (excluding diaryl/α,β-unsaturated/α-hetero) is 1. The van der Waals surface area contributed by atoms with E-state index < -0.39 is 11.5 Å². The van der Waals surface area contributed by atoms with Gasteiger partial charge in [0.1, 0.15) is 0 Å². The molecule has 3 aliphatic rings. The summed E-state index contributed by atoms with van der Waals surface area (Å²) >= 11 is 0. The molecule has 0 radical (unpaired) electrons. The summed E-state index contributed by atoms with van der Waals surface area (Å²) in [4.78, 5) is 41.9. The Morgan fingerprint density at radius 2 is 1.67 bits per heavy atom. The first-order chi connectivity index (χ1) is 16.0. The molecule has 2 fully saturated rings. The molecular weight excluding hydrogens is 412 g/mol. The molecule has 2 aliphatic carbocycles. The molecular formula is C28H32N2O3. The van der Waals surface area contributed by atoms with Crippen LogP contribution < -0.4 is 5.32 Å². The highest BCUT2D eigenvalue weighted by atomic mass is 16.2. The molecule has 5 rings (SSSR count). The number of fused-ring (bicyclic) bond motifs is 1.